The van der Waals surface area contributed by atoms with Gasteiger partial charge in [0.05, 0.1) is 26.4 Å². The molecule has 498 valence electrons. The maximum Gasteiger partial charge on any atom is 0.472 e. The number of phosphoric acid groups is 2. The van der Waals surface area contributed by atoms with Gasteiger partial charge in [-0.15, -0.1) is 0 Å². The molecule has 0 aliphatic rings. The van der Waals surface area contributed by atoms with E-state index >= 15 is 0 Å². The number of aliphatic hydroxyl groups is 2. The van der Waals surface area contributed by atoms with Crippen LogP contribution in [0.1, 0.15) is 239 Å². The predicted octanol–water partition coefficient (Wildman–Crippen LogP) is 17.9. The summed E-state index contributed by atoms with van der Waals surface area (Å²) in [6.45, 7) is 2.32. The molecule has 0 radical (unpaired) electrons. The fraction of sp³-hybridized carbons (Fsp3) is 0.667. The van der Waals surface area contributed by atoms with E-state index in [9.17, 15) is 43.5 Å². The van der Waals surface area contributed by atoms with Crippen molar-refractivity contribution in [2.24, 2.45) is 0 Å². The highest BCUT2D eigenvalue weighted by Gasteiger charge is 2.29. The Morgan fingerprint density at radius 3 is 1.02 bits per heavy atom. The number of carbonyl (C=O) groups excluding carboxylic acids is 3. The van der Waals surface area contributed by atoms with E-state index in [1.54, 1.807) is 0 Å². The molecule has 16 nitrogen and oxygen atoms in total. The summed E-state index contributed by atoms with van der Waals surface area (Å²) in [6, 6.07) is 0. The zero-order valence-corrected chi connectivity index (χ0v) is 55.4. The summed E-state index contributed by atoms with van der Waals surface area (Å²) in [5.74, 6) is -1.67. The van der Waals surface area contributed by atoms with E-state index < -0.39 is 91.5 Å². The summed E-state index contributed by atoms with van der Waals surface area (Å²) in [6.07, 6.45) is 69.7. The summed E-state index contributed by atoms with van der Waals surface area (Å²) < 4.78 is 60.7. The van der Waals surface area contributed by atoms with E-state index in [0.717, 1.165) is 135 Å². The van der Waals surface area contributed by atoms with Crippen LogP contribution in [-0.4, -0.2) is 95.9 Å². The number of allylic oxidation sites excluding steroid dienone is 20. The number of unbranched alkanes of at least 4 members (excludes halogenated alkanes) is 18. The smallest absolute Gasteiger partial charge is 0.463 e. The second kappa shape index (κ2) is 62.2. The molecule has 0 aliphatic heterocycles. The standard InChI is InChI=1S/C69H116O16P2/c1-4-7-10-13-16-19-22-25-28-30-31-33-36-37-40-43-46-49-52-55-67(72)79-58-64(70)59-81-86(75,76)82-60-65(71)61-83-87(77,78)84-63-66(85-69(74)57-54-51-48-45-42-39-34-27-24-21-18-15-12-9-6-3)62-80-68(73)56-53-50-47-44-41-38-35-32-29-26-23-20-17-14-11-8-5-2/h7-8,10-11,16-17,19-20,25-29,31,33-35,38,44,47,64-66,70-71H,4-6,9,12-15,18,21-24,30,32,36-37,39-43,45-46,48-63H2,1-3H3,(H,75,76)(H,77,78)/b10-7-,11-8-,19-16-,20-17-,28-25-,29-26-,33-31-,34-27-,38-35-,47-44-. The summed E-state index contributed by atoms with van der Waals surface area (Å²) in [4.78, 5) is 58.3. The number of carbonyl (C=O) groups is 3. The third kappa shape index (κ3) is 63.3. The van der Waals surface area contributed by atoms with Crippen LogP contribution in [-0.2, 0) is 55.8 Å². The average molecular weight is 1260 g/mol. The van der Waals surface area contributed by atoms with Crippen molar-refractivity contribution >= 4 is 33.6 Å². The Morgan fingerprint density at radius 1 is 0.333 bits per heavy atom. The first-order valence-electron chi connectivity index (χ1n) is 32.8. The first kappa shape index (κ1) is 83.0. The fourth-order valence-electron chi connectivity index (χ4n) is 8.18. The first-order chi connectivity index (χ1) is 42.2. The predicted molar refractivity (Wildman–Crippen MR) is 353 cm³/mol. The van der Waals surface area contributed by atoms with E-state index in [-0.39, 0.29) is 19.3 Å². The van der Waals surface area contributed by atoms with Crippen LogP contribution in [0.3, 0.4) is 0 Å². The van der Waals surface area contributed by atoms with Gasteiger partial charge in [-0.05, 0) is 122 Å². The lowest BCUT2D eigenvalue weighted by molar-refractivity contribution is -0.161. The minimum Gasteiger partial charge on any atom is -0.463 e. The van der Waals surface area contributed by atoms with Crippen molar-refractivity contribution in [3.05, 3.63) is 122 Å². The Kier molecular flexibility index (Phi) is 59.3. The van der Waals surface area contributed by atoms with Crippen LogP contribution < -0.4 is 0 Å². The molecule has 5 atom stereocenters. The van der Waals surface area contributed by atoms with Gasteiger partial charge in [0.15, 0.2) is 6.10 Å². The van der Waals surface area contributed by atoms with Gasteiger partial charge in [-0.25, -0.2) is 9.13 Å². The van der Waals surface area contributed by atoms with Crippen LogP contribution in [0.2, 0.25) is 0 Å². The quantitative estimate of drug-likeness (QED) is 0.0146. The number of hydrogen-bond acceptors (Lipinski definition) is 14. The lowest BCUT2D eigenvalue weighted by atomic mass is 10.1. The van der Waals surface area contributed by atoms with Crippen LogP contribution in [0.4, 0.5) is 0 Å². The van der Waals surface area contributed by atoms with Gasteiger partial charge in [-0.1, -0.05) is 219 Å². The molecule has 0 aromatic heterocycles. The van der Waals surface area contributed by atoms with Crippen molar-refractivity contribution in [2.45, 2.75) is 257 Å². The topological polar surface area (TPSA) is 231 Å². The molecule has 18 heteroatoms. The largest absolute Gasteiger partial charge is 0.472 e. The van der Waals surface area contributed by atoms with Gasteiger partial charge in [0.25, 0.3) is 0 Å². The van der Waals surface area contributed by atoms with Crippen molar-refractivity contribution in [2.75, 3.05) is 39.6 Å². The molecule has 0 rings (SSSR count). The van der Waals surface area contributed by atoms with Crippen molar-refractivity contribution in [1.82, 2.24) is 0 Å². The molecule has 87 heavy (non-hydrogen) atoms. The molecule has 0 fully saturated rings. The van der Waals surface area contributed by atoms with Gasteiger partial charge < -0.3 is 34.2 Å². The van der Waals surface area contributed by atoms with Gasteiger partial charge in [0.1, 0.15) is 25.4 Å². The van der Waals surface area contributed by atoms with Gasteiger partial charge in [0.2, 0.25) is 0 Å². The van der Waals surface area contributed by atoms with Gasteiger partial charge >= 0.3 is 33.6 Å². The Morgan fingerprint density at radius 2 is 0.621 bits per heavy atom. The van der Waals surface area contributed by atoms with E-state index in [4.69, 9.17) is 32.3 Å². The second-order valence-electron chi connectivity index (χ2n) is 21.5. The Labute approximate surface area is 525 Å². The van der Waals surface area contributed by atoms with E-state index in [1.165, 1.54) is 38.5 Å². The van der Waals surface area contributed by atoms with Crippen LogP contribution in [0, 0.1) is 0 Å². The van der Waals surface area contributed by atoms with Crippen LogP contribution >= 0.6 is 15.6 Å². The average Bonchev–Trinajstić information content (AvgIpc) is 3.68. The molecular formula is C69H116O16P2. The Balaban J connectivity index is 4.75. The third-order valence-corrected chi connectivity index (χ3v) is 15.1. The number of esters is 3. The zero-order chi connectivity index (χ0) is 63.8. The molecule has 0 aromatic rings. The fourth-order valence-corrected chi connectivity index (χ4v) is 9.76. The summed E-state index contributed by atoms with van der Waals surface area (Å²) >= 11 is 0. The van der Waals surface area contributed by atoms with Crippen molar-refractivity contribution in [3.8, 4) is 0 Å². The summed E-state index contributed by atoms with van der Waals surface area (Å²) in [5.41, 5.74) is 0. The zero-order valence-electron chi connectivity index (χ0n) is 53.6. The number of ether oxygens (including phenoxy) is 3. The third-order valence-electron chi connectivity index (χ3n) is 13.2. The molecule has 0 saturated carbocycles. The minimum atomic E-state index is -4.94. The lowest BCUT2D eigenvalue weighted by Gasteiger charge is -2.21. The molecule has 0 heterocycles. The Hall–Kier alpha value is -4.05. The maximum absolute atomic E-state index is 12.9. The van der Waals surface area contributed by atoms with Crippen molar-refractivity contribution < 1.29 is 75.8 Å². The number of rotatable bonds is 61. The molecule has 0 spiro atoms. The molecule has 0 saturated heterocycles. The Bertz CT molecular complexity index is 2070. The number of aliphatic hydroxyl groups excluding tert-OH is 2. The highest BCUT2D eigenvalue weighted by molar-refractivity contribution is 7.47. The normalized spacial score (nSPS) is 15.1. The summed E-state index contributed by atoms with van der Waals surface area (Å²) in [7, 11) is -9.80. The summed E-state index contributed by atoms with van der Waals surface area (Å²) in [5, 5.41) is 20.5. The van der Waals surface area contributed by atoms with Gasteiger partial charge in [-0.2, -0.15) is 0 Å². The van der Waals surface area contributed by atoms with Crippen LogP contribution in [0.25, 0.3) is 0 Å². The monoisotopic (exact) mass is 1260 g/mol. The van der Waals surface area contributed by atoms with E-state index in [2.05, 4.69) is 130 Å². The first-order valence-corrected chi connectivity index (χ1v) is 35.8. The molecule has 5 unspecified atom stereocenters. The highest BCUT2D eigenvalue weighted by atomic mass is 31.2. The molecule has 0 amide bonds. The van der Waals surface area contributed by atoms with Crippen LogP contribution in [0.15, 0.2) is 122 Å². The minimum absolute atomic E-state index is 0.0794. The van der Waals surface area contributed by atoms with Gasteiger partial charge in [0, 0.05) is 19.3 Å². The van der Waals surface area contributed by atoms with Crippen molar-refractivity contribution in [3.63, 3.8) is 0 Å². The SMILES string of the molecule is CC/C=C\C/C=C\C/C=C\C/C=C\C/C=C\CCCC(=O)OCC(COP(=O)(O)OCC(O)COP(=O)(O)OCC(O)COC(=O)CCCCCCCC/C=C\C/C=C\C/C=C\C/C=C\CC)OC(=O)CCCCCCC/C=C\CCCCCCCC. The van der Waals surface area contributed by atoms with Crippen LogP contribution in [0.5, 0.6) is 0 Å². The molecular weight excluding hydrogens is 1150 g/mol. The molecule has 0 aliphatic carbocycles. The van der Waals surface area contributed by atoms with Gasteiger partial charge in [-0.3, -0.25) is 32.5 Å². The van der Waals surface area contributed by atoms with Crippen molar-refractivity contribution in [1.29, 1.82) is 0 Å². The maximum atomic E-state index is 12.9. The second-order valence-corrected chi connectivity index (χ2v) is 24.4. The number of hydrogen-bond donors (Lipinski definition) is 4. The highest BCUT2D eigenvalue weighted by Crippen LogP contribution is 2.45. The molecule has 4 N–H and O–H groups in total. The molecule has 0 aromatic carbocycles. The lowest BCUT2D eigenvalue weighted by Crippen LogP contribution is -2.30. The molecule has 0 bridgehead atoms. The number of phosphoric ester groups is 2. The van der Waals surface area contributed by atoms with E-state index in [1.807, 2.05) is 12.2 Å². The van der Waals surface area contributed by atoms with E-state index in [0.29, 0.717) is 25.7 Å².